The highest BCUT2D eigenvalue weighted by Crippen LogP contribution is 1.97. The van der Waals surface area contributed by atoms with Crippen molar-refractivity contribution in [2.75, 3.05) is 13.1 Å². The molecule has 2 heteroatoms. The molecule has 0 aromatic carbocycles. The van der Waals surface area contributed by atoms with Crippen molar-refractivity contribution in [1.29, 1.82) is 5.26 Å². The van der Waals surface area contributed by atoms with Crippen molar-refractivity contribution in [1.82, 2.24) is 4.90 Å². The van der Waals surface area contributed by atoms with Crippen molar-refractivity contribution in [3.8, 4) is 6.07 Å². The maximum Gasteiger partial charge on any atom is 0.0949 e. The highest BCUT2D eigenvalue weighted by atomic mass is 15.1. The molecule has 0 aromatic heterocycles. The average Bonchev–Trinajstić information content (AvgIpc) is 1.99. The Morgan fingerprint density at radius 3 is 2.40 bits per heavy atom. The summed E-state index contributed by atoms with van der Waals surface area (Å²) in [6.07, 6.45) is 1.12. The van der Waals surface area contributed by atoms with E-state index in [2.05, 4.69) is 24.8 Å². The number of nitrogens with zero attached hydrogens (tertiary/aromatic N) is 2. The molecule has 0 N–H and O–H groups in total. The van der Waals surface area contributed by atoms with Crippen LogP contribution in [0.1, 0.15) is 27.2 Å². The molecular formula is C8H16N2. The molecule has 1 atom stereocenters. The molecule has 0 spiro atoms. The first-order valence-corrected chi connectivity index (χ1v) is 3.89. The van der Waals surface area contributed by atoms with Crippen molar-refractivity contribution in [3.63, 3.8) is 0 Å². The van der Waals surface area contributed by atoms with E-state index in [0.717, 1.165) is 19.5 Å². The average molecular weight is 140 g/mol. The first-order valence-electron chi connectivity index (χ1n) is 3.89. The fourth-order valence-electron chi connectivity index (χ4n) is 0.994. The van der Waals surface area contributed by atoms with Crippen molar-refractivity contribution in [3.05, 3.63) is 0 Å². The van der Waals surface area contributed by atoms with Crippen LogP contribution in [0.4, 0.5) is 0 Å². The lowest BCUT2D eigenvalue weighted by Gasteiger charge is -2.21. The van der Waals surface area contributed by atoms with Crippen molar-refractivity contribution < 1.29 is 0 Å². The van der Waals surface area contributed by atoms with E-state index >= 15 is 0 Å². The summed E-state index contributed by atoms with van der Waals surface area (Å²) in [6.45, 7) is 8.17. The molecule has 0 saturated heterocycles. The van der Waals surface area contributed by atoms with Gasteiger partial charge in [0.25, 0.3) is 0 Å². The highest BCUT2D eigenvalue weighted by molar-refractivity contribution is 4.87. The van der Waals surface area contributed by atoms with Gasteiger partial charge in [0, 0.05) is 0 Å². The molecule has 0 heterocycles. The Hall–Kier alpha value is -0.550. The molecule has 0 aromatic rings. The van der Waals surface area contributed by atoms with Gasteiger partial charge in [-0.3, -0.25) is 4.90 Å². The minimum Gasteiger partial charge on any atom is -0.289 e. The second kappa shape index (κ2) is 5.25. The lowest BCUT2D eigenvalue weighted by molar-refractivity contribution is 0.259. The van der Waals surface area contributed by atoms with Gasteiger partial charge in [-0.2, -0.15) is 5.26 Å². The molecule has 0 amide bonds. The fraction of sp³-hybridized carbons (Fsp3) is 0.875. The molecule has 0 bridgehead atoms. The Morgan fingerprint density at radius 2 is 2.10 bits per heavy atom. The van der Waals surface area contributed by atoms with Crippen LogP contribution in [0.5, 0.6) is 0 Å². The first kappa shape index (κ1) is 9.45. The fourth-order valence-corrected chi connectivity index (χ4v) is 0.994. The molecule has 1 unspecified atom stereocenters. The smallest absolute Gasteiger partial charge is 0.0949 e. The molecular weight excluding hydrogens is 124 g/mol. The van der Waals surface area contributed by atoms with E-state index in [0.29, 0.717) is 0 Å². The molecule has 58 valence electrons. The summed E-state index contributed by atoms with van der Waals surface area (Å²) in [5, 5.41) is 8.57. The molecule has 0 saturated carbocycles. The van der Waals surface area contributed by atoms with Gasteiger partial charge in [0.15, 0.2) is 0 Å². The van der Waals surface area contributed by atoms with Crippen molar-refractivity contribution in [2.45, 2.75) is 33.2 Å². The van der Waals surface area contributed by atoms with E-state index in [1.807, 2.05) is 6.92 Å². The van der Waals surface area contributed by atoms with Crippen LogP contribution >= 0.6 is 0 Å². The molecule has 0 aliphatic carbocycles. The van der Waals surface area contributed by atoms with Gasteiger partial charge < -0.3 is 0 Å². The Morgan fingerprint density at radius 1 is 1.50 bits per heavy atom. The molecule has 2 nitrogen and oxygen atoms in total. The standard InChI is InChI=1S/C8H16N2/c1-4-6-10(5-2)8(3)7-9/h8H,4-6H2,1-3H3. The van der Waals surface area contributed by atoms with Crippen molar-refractivity contribution in [2.24, 2.45) is 0 Å². The van der Waals surface area contributed by atoms with Gasteiger partial charge in [-0.25, -0.2) is 0 Å². The Bertz CT molecular complexity index is 115. The Kier molecular flexibility index (Phi) is 4.96. The van der Waals surface area contributed by atoms with Gasteiger partial charge in [-0.15, -0.1) is 0 Å². The summed E-state index contributed by atoms with van der Waals surface area (Å²) in [5.74, 6) is 0. The third-order valence-electron chi connectivity index (χ3n) is 1.65. The molecule has 0 aliphatic rings. The topological polar surface area (TPSA) is 27.0 Å². The molecule has 0 radical (unpaired) electrons. The molecule has 10 heavy (non-hydrogen) atoms. The van der Waals surface area contributed by atoms with E-state index in [1.54, 1.807) is 0 Å². The van der Waals surface area contributed by atoms with Gasteiger partial charge >= 0.3 is 0 Å². The minimum absolute atomic E-state index is 0.0740. The van der Waals surface area contributed by atoms with Crippen LogP contribution in [-0.2, 0) is 0 Å². The second-order valence-electron chi connectivity index (χ2n) is 2.43. The van der Waals surface area contributed by atoms with Gasteiger partial charge in [0.05, 0.1) is 12.1 Å². The summed E-state index contributed by atoms with van der Waals surface area (Å²) < 4.78 is 0. The maximum atomic E-state index is 8.57. The van der Waals surface area contributed by atoms with Gasteiger partial charge in [0.2, 0.25) is 0 Å². The minimum atomic E-state index is 0.0740. The first-order chi connectivity index (χ1) is 4.76. The number of hydrogen-bond acceptors (Lipinski definition) is 2. The van der Waals surface area contributed by atoms with E-state index in [9.17, 15) is 0 Å². The largest absolute Gasteiger partial charge is 0.289 e. The Balaban J connectivity index is 3.71. The molecule has 0 aliphatic heterocycles. The second-order valence-corrected chi connectivity index (χ2v) is 2.43. The van der Waals surface area contributed by atoms with E-state index in [4.69, 9.17) is 5.26 Å². The SMILES string of the molecule is CCCN(CC)C(C)C#N. The van der Waals surface area contributed by atoms with Crippen LogP contribution < -0.4 is 0 Å². The summed E-state index contributed by atoms with van der Waals surface area (Å²) in [5.41, 5.74) is 0. The lowest BCUT2D eigenvalue weighted by atomic mass is 10.3. The van der Waals surface area contributed by atoms with Gasteiger partial charge in [-0.1, -0.05) is 13.8 Å². The van der Waals surface area contributed by atoms with Crippen LogP contribution in [0.2, 0.25) is 0 Å². The van der Waals surface area contributed by atoms with Crippen LogP contribution in [-0.4, -0.2) is 24.0 Å². The normalized spacial score (nSPS) is 13.1. The zero-order valence-corrected chi connectivity index (χ0v) is 7.09. The lowest BCUT2D eigenvalue weighted by Crippen LogP contribution is -2.32. The van der Waals surface area contributed by atoms with E-state index in [-0.39, 0.29) is 6.04 Å². The van der Waals surface area contributed by atoms with Gasteiger partial charge in [-0.05, 0) is 26.4 Å². The maximum absolute atomic E-state index is 8.57. The summed E-state index contributed by atoms with van der Waals surface area (Å²) >= 11 is 0. The number of rotatable bonds is 4. The van der Waals surface area contributed by atoms with Crippen LogP contribution in [0.3, 0.4) is 0 Å². The highest BCUT2D eigenvalue weighted by Gasteiger charge is 2.07. The molecule has 0 rings (SSSR count). The molecule has 0 fully saturated rings. The predicted octanol–water partition coefficient (Wildman–Crippen LogP) is 1.63. The zero-order valence-electron chi connectivity index (χ0n) is 7.09. The van der Waals surface area contributed by atoms with Crippen molar-refractivity contribution >= 4 is 0 Å². The summed E-state index contributed by atoms with van der Waals surface area (Å²) in [4.78, 5) is 2.17. The summed E-state index contributed by atoms with van der Waals surface area (Å²) in [7, 11) is 0. The van der Waals surface area contributed by atoms with E-state index < -0.39 is 0 Å². The zero-order chi connectivity index (χ0) is 7.98. The van der Waals surface area contributed by atoms with Crippen LogP contribution in [0, 0.1) is 11.3 Å². The van der Waals surface area contributed by atoms with E-state index in [1.165, 1.54) is 0 Å². The third kappa shape index (κ3) is 2.84. The quantitative estimate of drug-likeness (QED) is 0.593. The predicted molar refractivity (Wildman–Crippen MR) is 42.6 cm³/mol. The van der Waals surface area contributed by atoms with Gasteiger partial charge in [0.1, 0.15) is 0 Å². The van der Waals surface area contributed by atoms with Crippen LogP contribution in [0.25, 0.3) is 0 Å². The summed E-state index contributed by atoms with van der Waals surface area (Å²) in [6, 6.07) is 2.30. The monoisotopic (exact) mass is 140 g/mol. The Labute approximate surface area is 63.4 Å². The van der Waals surface area contributed by atoms with Crippen LogP contribution in [0.15, 0.2) is 0 Å². The third-order valence-corrected chi connectivity index (χ3v) is 1.65. The number of nitriles is 1. The number of hydrogen-bond donors (Lipinski definition) is 0.